The van der Waals surface area contributed by atoms with E-state index in [2.05, 4.69) is 9.82 Å². The third-order valence-corrected chi connectivity index (χ3v) is 5.88. The molecule has 0 atom stereocenters. The van der Waals surface area contributed by atoms with Crippen LogP contribution in [-0.2, 0) is 35.6 Å². The molecule has 1 heterocycles. The summed E-state index contributed by atoms with van der Waals surface area (Å²) in [4.78, 5) is 0. The molecule has 1 aromatic carbocycles. The smallest absolute Gasteiger partial charge is 0.435 e. The second-order valence-electron chi connectivity index (χ2n) is 6.58. The number of hydrogen-bond acceptors (Lipinski definition) is 4. The maximum absolute atomic E-state index is 13.2. The number of benzene rings is 1. The number of nitrogens with zero attached hydrogens (tertiary/aromatic N) is 2. The van der Waals surface area contributed by atoms with Crippen LogP contribution in [0.5, 0.6) is 5.75 Å². The SMILES string of the molecule is O=S(=O)(CCOc1ccccc1)NCCn1nc(C(F)(F)F)c2c1CCCC2. The van der Waals surface area contributed by atoms with E-state index in [-0.39, 0.29) is 31.0 Å². The lowest BCUT2D eigenvalue weighted by atomic mass is 9.95. The van der Waals surface area contributed by atoms with Gasteiger partial charge in [0.05, 0.1) is 12.3 Å². The summed E-state index contributed by atoms with van der Waals surface area (Å²) in [5, 5.41) is 3.72. The van der Waals surface area contributed by atoms with E-state index >= 15 is 0 Å². The molecule has 1 aliphatic rings. The molecule has 1 aromatic heterocycles. The van der Waals surface area contributed by atoms with E-state index in [1.807, 2.05) is 6.07 Å². The first-order chi connectivity index (χ1) is 13.3. The van der Waals surface area contributed by atoms with Crippen molar-refractivity contribution in [2.24, 2.45) is 0 Å². The number of alkyl halides is 3. The molecular weight excluding hydrogens is 395 g/mol. The first kappa shape index (κ1) is 20.7. The van der Waals surface area contributed by atoms with Crippen LogP contribution < -0.4 is 9.46 Å². The fourth-order valence-electron chi connectivity index (χ4n) is 3.25. The molecule has 0 aliphatic heterocycles. The zero-order valence-corrected chi connectivity index (χ0v) is 16.0. The normalized spacial score (nSPS) is 14.7. The molecule has 154 valence electrons. The van der Waals surface area contributed by atoms with Crippen LogP contribution in [0.1, 0.15) is 29.8 Å². The zero-order chi connectivity index (χ0) is 20.2. The molecule has 28 heavy (non-hydrogen) atoms. The molecule has 3 rings (SSSR count). The van der Waals surface area contributed by atoms with Crippen LogP contribution in [-0.4, -0.2) is 37.1 Å². The lowest BCUT2D eigenvalue weighted by molar-refractivity contribution is -0.142. The molecule has 2 aromatic rings. The van der Waals surface area contributed by atoms with Gasteiger partial charge in [-0.05, 0) is 37.8 Å². The number of halogens is 3. The largest absolute Gasteiger partial charge is 0.492 e. The second-order valence-corrected chi connectivity index (χ2v) is 8.50. The molecule has 0 saturated carbocycles. The molecule has 0 spiro atoms. The Bertz CT molecular complexity index is 896. The highest BCUT2D eigenvalue weighted by atomic mass is 32.2. The molecular formula is C18H22F3N3O3S. The van der Waals surface area contributed by atoms with Gasteiger partial charge >= 0.3 is 6.18 Å². The summed E-state index contributed by atoms with van der Waals surface area (Å²) >= 11 is 0. The van der Waals surface area contributed by atoms with Crippen molar-refractivity contribution in [1.29, 1.82) is 0 Å². The van der Waals surface area contributed by atoms with Crippen molar-refractivity contribution < 1.29 is 26.3 Å². The first-order valence-electron chi connectivity index (χ1n) is 9.07. The second kappa shape index (κ2) is 8.52. The molecule has 6 nitrogen and oxygen atoms in total. The molecule has 10 heteroatoms. The van der Waals surface area contributed by atoms with Gasteiger partial charge in [0.2, 0.25) is 10.0 Å². The molecule has 1 N–H and O–H groups in total. The molecule has 0 fully saturated rings. The predicted octanol–water partition coefficient (Wildman–Crippen LogP) is 2.78. The predicted molar refractivity (Wildman–Crippen MR) is 97.6 cm³/mol. The van der Waals surface area contributed by atoms with Gasteiger partial charge in [0.15, 0.2) is 5.69 Å². The summed E-state index contributed by atoms with van der Waals surface area (Å²) in [6.07, 6.45) is -2.11. The van der Waals surface area contributed by atoms with Crippen molar-refractivity contribution >= 4 is 10.0 Å². The standard InChI is InChI=1S/C18H22F3N3O3S/c19-18(20,21)17-15-8-4-5-9-16(15)24(23-17)11-10-22-28(25,26)13-12-27-14-6-2-1-3-7-14/h1-3,6-7,22H,4-5,8-13H2. The topological polar surface area (TPSA) is 73.2 Å². The van der Waals surface area contributed by atoms with Crippen LogP contribution >= 0.6 is 0 Å². The molecule has 1 aliphatic carbocycles. The van der Waals surface area contributed by atoms with Gasteiger partial charge in [0, 0.05) is 17.8 Å². The maximum Gasteiger partial charge on any atom is 0.435 e. The Morgan fingerprint density at radius 1 is 1.14 bits per heavy atom. The van der Waals surface area contributed by atoms with Crippen LogP contribution in [0.2, 0.25) is 0 Å². The Kier molecular flexibility index (Phi) is 6.29. The summed E-state index contributed by atoms with van der Waals surface area (Å²) in [5.41, 5.74) is -0.0376. The third-order valence-electron chi connectivity index (χ3n) is 4.53. The third kappa shape index (κ3) is 5.26. The van der Waals surface area contributed by atoms with Crippen molar-refractivity contribution in [3.63, 3.8) is 0 Å². The lowest BCUT2D eigenvalue weighted by Crippen LogP contribution is -2.32. The Hall–Kier alpha value is -2.07. The summed E-state index contributed by atoms with van der Waals surface area (Å²) in [7, 11) is -3.60. The fraction of sp³-hybridized carbons (Fsp3) is 0.500. The highest BCUT2D eigenvalue weighted by molar-refractivity contribution is 7.89. The molecule has 0 bridgehead atoms. The van der Waals surface area contributed by atoms with Gasteiger partial charge in [-0.25, -0.2) is 13.1 Å². The van der Waals surface area contributed by atoms with Crippen LogP contribution in [0.15, 0.2) is 30.3 Å². The molecule has 0 amide bonds. The van der Waals surface area contributed by atoms with E-state index in [4.69, 9.17) is 4.74 Å². The van der Waals surface area contributed by atoms with Gasteiger partial charge < -0.3 is 4.74 Å². The molecule has 0 saturated heterocycles. The van der Waals surface area contributed by atoms with E-state index in [0.717, 1.165) is 6.42 Å². The van der Waals surface area contributed by atoms with Gasteiger partial charge in [0.25, 0.3) is 0 Å². The number of ether oxygens (including phenoxy) is 1. The van der Waals surface area contributed by atoms with E-state index < -0.39 is 21.9 Å². The maximum atomic E-state index is 13.2. The lowest BCUT2D eigenvalue weighted by Gasteiger charge is -2.15. The highest BCUT2D eigenvalue weighted by Crippen LogP contribution is 2.35. The van der Waals surface area contributed by atoms with E-state index in [1.54, 1.807) is 24.3 Å². The average Bonchev–Trinajstić information content (AvgIpc) is 3.02. The number of rotatable bonds is 8. The van der Waals surface area contributed by atoms with Crippen LogP contribution in [0, 0.1) is 0 Å². The zero-order valence-electron chi connectivity index (χ0n) is 15.2. The Balaban J connectivity index is 1.55. The average molecular weight is 417 g/mol. The van der Waals surface area contributed by atoms with E-state index in [9.17, 15) is 21.6 Å². The minimum atomic E-state index is -4.50. The van der Waals surface area contributed by atoms with Crippen molar-refractivity contribution in [3.05, 3.63) is 47.3 Å². The molecule has 0 radical (unpaired) electrons. The monoisotopic (exact) mass is 417 g/mol. The van der Waals surface area contributed by atoms with Gasteiger partial charge in [-0.1, -0.05) is 18.2 Å². The van der Waals surface area contributed by atoms with E-state index in [1.165, 1.54) is 4.68 Å². The fourth-order valence-corrected chi connectivity index (χ4v) is 4.10. The van der Waals surface area contributed by atoms with Gasteiger partial charge in [-0.2, -0.15) is 18.3 Å². The summed E-state index contributed by atoms with van der Waals surface area (Å²) in [6, 6.07) is 8.83. The van der Waals surface area contributed by atoms with Crippen LogP contribution in [0.4, 0.5) is 13.2 Å². The minimum absolute atomic E-state index is 0.0191. The van der Waals surface area contributed by atoms with Crippen LogP contribution in [0.25, 0.3) is 0 Å². The van der Waals surface area contributed by atoms with Gasteiger partial charge in [-0.15, -0.1) is 0 Å². The number of fused-ring (bicyclic) bond motifs is 1. The van der Waals surface area contributed by atoms with Crippen molar-refractivity contribution in [1.82, 2.24) is 14.5 Å². The number of hydrogen-bond donors (Lipinski definition) is 1. The van der Waals surface area contributed by atoms with Crippen molar-refractivity contribution in [3.8, 4) is 5.75 Å². The number of nitrogens with one attached hydrogen (secondary N) is 1. The number of aromatic nitrogens is 2. The quantitative estimate of drug-likeness (QED) is 0.717. The highest BCUT2D eigenvalue weighted by Gasteiger charge is 2.39. The first-order valence-corrected chi connectivity index (χ1v) is 10.7. The Morgan fingerprint density at radius 2 is 1.86 bits per heavy atom. The van der Waals surface area contributed by atoms with Gasteiger partial charge in [-0.3, -0.25) is 4.68 Å². The van der Waals surface area contributed by atoms with Gasteiger partial charge in [0.1, 0.15) is 12.4 Å². The van der Waals surface area contributed by atoms with E-state index in [0.29, 0.717) is 30.7 Å². The summed E-state index contributed by atoms with van der Waals surface area (Å²) < 4.78 is 72.7. The Morgan fingerprint density at radius 3 is 2.57 bits per heavy atom. The van der Waals surface area contributed by atoms with Crippen molar-refractivity contribution in [2.75, 3.05) is 18.9 Å². The molecule has 0 unspecified atom stereocenters. The van der Waals surface area contributed by atoms with Crippen molar-refractivity contribution in [2.45, 2.75) is 38.4 Å². The number of para-hydroxylation sites is 1. The van der Waals surface area contributed by atoms with Crippen LogP contribution in [0.3, 0.4) is 0 Å². The summed E-state index contributed by atoms with van der Waals surface area (Å²) in [5.74, 6) is 0.327. The Labute approximate surface area is 161 Å². The number of sulfonamides is 1. The summed E-state index contributed by atoms with van der Waals surface area (Å²) in [6.45, 7) is 0.00497. The minimum Gasteiger partial charge on any atom is -0.492 e.